The number of furan rings is 1. The minimum atomic E-state index is 0. The average Bonchev–Trinajstić information content (AvgIpc) is 3.52. The molecular formula is C21H16N8O. The number of nitrogens with zero attached hydrogens (tertiary/aromatic N) is 5. The Morgan fingerprint density at radius 3 is 2.73 bits per heavy atom. The zero-order valence-corrected chi connectivity index (χ0v) is 15.7. The molecule has 0 unspecified atom stereocenters. The molecule has 0 atom stereocenters. The summed E-state index contributed by atoms with van der Waals surface area (Å²) >= 11 is 0. The van der Waals surface area contributed by atoms with E-state index < -0.39 is 0 Å². The molecule has 0 bridgehead atoms. The molecule has 0 radical (unpaired) electrons. The molecule has 0 fully saturated rings. The highest BCUT2D eigenvalue weighted by atomic mass is 16.3. The number of pyridine rings is 3. The lowest BCUT2D eigenvalue weighted by atomic mass is 10.1. The molecule has 0 saturated heterocycles. The number of hydrogen-bond acceptors (Lipinski definition) is 7. The SMILES string of the molecule is N.c1cncc(-c2cc3c(-c4nc5c(-c6ccoc6)cncc5[nH]4)n[nH]c3cn2)c1. The first-order chi connectivity index (χ1) is 14.4. The fraction of sp³-hybridized carbons (Fsp3) is 0. The summed E-state index contributed by atoms with van der Waals surface area (Å²) < 4.78 is 5.21. The maximum atomic E-state index is 5.21. The summed E-state index contributed by atoms with van der Waals surface area (Å²) in [4.78, 5) is 21.2. The summed E-state index contributed by atoms with van der Waals surface area (Å²) in [6.07, 6.45) is 12.2. The third-order valence-corrected chi connectivity index (χ3v) is 4.86. The Labute approximate surface area is 169 Å². The van der Waals surface area contributed by atoms with E-state index in [1.54, 1.807) is 43.5 Å². The number of aromatic nitrogens is 7. The van der Waals surface area contributed by atoms with Gasteiger partial charge in [-0.05, 0) is 24.3 Å². The van der Waals surface area contributed by atoms with Gasteiger partial charge in [-0.2, -0.15) is 5.10 Å². The van der Waals surface area contributed by atoms with Gasteiger partial charge < -0.3 is 15.6 Å². The molecule has 0 saturated carbocycles. The molecule has 9 heteroatoms. The van der Waals surface area contributed by atoms with Crippen LogP contribution in [0.15, 0.2) is 72.2 Å². The van der Waals surface area contributed by atoms with Crippen molar-refractivity contribution in [1.29, 1.82) is 0 Å². The van der Waals surface area contributed by atoms with Crippen LogP contribution in [0.3, 0.4) is 0 Å². The van der Waals surface area contributed by atoms with Gasteiger partial charge in [-0.1, -0.05) is 0 Å². The number of H-pyrrole nitrogens is 2. The maximum Gasteiger partial charge on any atom is 0.159 e. The van der Waals surface area contributed by atoms with Gasteiger partial charge in [-0.25, -0.2) is 4.98 Å². The molecule has 30 heavy (non-hydrogen) atoms. The normalized spacial score (nSPS) is 11.1. The molecule has 0 aromatic carbocycles. The van der Waals surface area contributed by atoms with Gasteiger partial charge in [0.2, 0.25) is 0 Å². The molecule has 0 aliphatic rings. The van der Waals surface area contributed by atoms with Crippen molar-refractivity contribution in [3.63, 3.8) is 0 Å². The average molecular weight is 396 g/mol. The van der Waals surface area contributed by atoms with Gasteiger partial charge in [0.15, 0.2) is 5.82 Å². The Bertz CT molecular complexity index is 1450. The van der Waals surface area contributed by atoms with Crippen LogP contribution in [0.25, 0.3) is 55.8 Å². The van der Waals surface area contributed by atoms with Gasteiger partial charge in [-0.3, -0.25) is 20.1 Å². The molecule has 0 aliphatic carbocycles. The predicted octanol–water partition coefficient (Wildman–Crippen LogP) is 4.38. The van der Waals surface area contributed by atoms with Crippen molar-refractivity contribution >= 4 is 21.9 Å². The van der Waals surface area contributed by atoms with E-state index in [-0.39, 0.29) is 6.15 Å². The molecule has 6 aromatic rings. The van der Waals surface area contributed by atoms with Crippen molar-refractivity contribution < 1.29 is 4.42 Å². The van der Waals surface area contributed by atoms with Crippen LogP contribution < -0.4 is 6.15 Å². The quantitative estimate of drug-likeness (QED) is 0.402. The van der Waals surface area contributed by atoms with E-state index in [9.17, 15) is 0 Å². The summed E-state index contributed by atoms with van der Waals surface area (Å²) in [5.41, 5.74) is 6.80. The summed E-state index contributed by atoms with van der Waals surface area (Å²) in [7, 11) is 0. The topological polar surface area (TPSA) is 144 Å². The Morgan fingerprint density at radius 1 is 0.933 bits per heavy atom. The predicted molar refractivity (Wildman–Crippen MR) is 113 cm³/mol. The van der Waals surface area contributed by atoms with E-state index in [2.05, 4.69) is 30.1 Å². The van der Waals surface area contributed by atoms with Crippen LogP contribution in [-0.2, 0) is 0 Å². The lowest BCUT2D eigenvalue weighted by molar-refractivity contribution is 0.568. The van der Waals surface area contributed by atoms with Gasteiger partial charge in [-0.15, -0.1) is 0 Å². The van der Waals surface area contributed by atoms with Crippen molar-refractivity contribution in [1.82, 2.24) is 41.3 Å². The second kappa shape index (κ2) is 6.90. The molecular weight excluding hydrogens is 380 g/mol. The highest BCUT2D eigenvalue weighted by Crippen LogP contribution is 2.31. The number of aromatic amines is 2. The zero-order valence-electron chi connectivity index (χ0n) is 15.7. The van der Waals surface area contributed by atoms with Gasteiger partial charge in [0.05, 0.1) is 41.6 Å². The van der Waals surface area contributed by atoms with Crippen LogP contribution in [0, 0.1) is 0 Å². The van der Waals surface area contributed by atoms with Gasteiger partial charge >= 0.3 is 0 Å². The fourth-order valence-electron chi connectivity index (χ4n) is 3.44. The Morgan fingerprint density at radius 2 is 1.90 bits per heavy atom. The van der Waals surface area contributed by atoms with Gasteiger partial charge in [0.1, 0.15) is 11.2 Å². The maximum absolute atomic E-state index is 5.21. The lowest BCUT2D eigenvalue weighted by Crippen LogP contribution is -1.85. The van der Waals surface area contributed by atoms with E-state index >= 15 is 0 Å². The van der Waals surface area contributed by atoms with Crippen molar-refractivity contribution in [3.8, 4) is 33.9 Å². The third kappa shape index (κ3) is 2.73. The number of rotatable bonds is 3. The monoisotopic (exact) mass is 396 g/mol. The summed E-state index contributed by atoms with van der Waals surface area (Å²) in [5.74, 6) is 0.660. The number of nitrogens with one attached hydrogen (secondary N) is 2. The Hall–Kier alpha value is -4.37. The highest BCUT2D eigenvalue weighted by molar-refractivity contribution is 5.97. The van der Waals surface area contributed by atoms with Crippen LogP contribution in [0.1, 0.15) is 0 Å². The summed E-state index contributed by atoms with van der Waals surface area (Å²) in [6.45, 7) is 0. The molecule has 6 rings (SSSR count). The molecule has 0 spiro atoms. The number of fused-ring (bicyclic) bond motifs is 2. The second-order valence-corrected chi connectivity index (χ2v) is 6.61. The van der Waals surface area contributed by atoms with Gasteiger partial charge in [0.25, 0.3) is 0 Å². The molecule has 6 aromatic heterocycles. The standard InChI is InChI=1S/C21H13N7O.H3N/c1-2-12(7-22-4-1)16-6-14-17(10-24-16)27-28-20(14)21-25-18-9-23-8-15(19(18)26-21)13-3-5-29-11-13;/h1-11H,(H,25,26)(H,27,28);1H3. The Balaban J connectivity index is 0.00000193. The van der Waals surface area contributed by atoms with E-state index in [0.717, 1.165) is 50.0 Å². The van der Waals surface area contributed by atoms with Crippen molar-refractivity contribution in [3.05, 3.63) is 67.8 Å². The molecule has 5 N–H and O–H groups in total. The van der Waals surface area contributed by atoms with Crippen LogP contribution >= 0.6 is 0 Å². The lowest BCUT2D eigenvalue weighted by Gasteiger charge is -2.00. The molecule has 0 aliphatic heterocycles. The number of imidazole rings is 1. The van der Waals surface area contributed by atoms with Crippen molar-refractivity contribution in [2.45, 2.75) is 0 Å². The fourth-order valence-corrected chi connectivity index (χ4v) is 3.44. The number of hydrogen-bond donors (Lipinski definition) is 3. The van der Waals surface area contributed by atoms with Crippen LogP contribution in [-0.4, -0.2) is 35.1 Å². The first-order valence-electron chi connectivity index (χ1n) is 8.98. The van der Waals surface area contributed by atoms with E-state index in [0.29, 0.717) is 5.82 Å². The van der Waals surface area contributed by atoms with Crippen molar-refractivity contribution in [2.75, 3.05) is 0 Å². The van der Waals surface area contributed by atoms with E-state index in [1.165, 1.54) is 0 Å². The first kappa shape index (κ1) is 17.7. The van der Waals surface area contributed by atoms with Crippen molar-refractivity contribution in [2.24, 2.45) is 0 Å². The van der Waals surface area contributed by atoms with E-state index in [4.69, 9.17) is 9.40 Å². The molecule has 0 amide bonds. The molecule has 9 nitrogen and oxygen atoms in total. The largest absolute Gasteiger partial charge is 0.472 e. The summed E-state index contributed by atoms with van der Waals surface area (Å²) in [6, 6.07) is 7.75. The van der Waals surface area contributed by atoms with Crippen LogP contribution in [0.5, 0.6) is 0 Å². The highest BCUT2D eigenvalue weighted by Gasteiger charge is 2.16. The van der Waals surface area contributed by atoms with E-state index in [1.807, 2.05) is 24.3 Å². The molecule has 6 heterocycles. The second-order valence-electron chi connectivity index (χ2n) is 6.61. The first-order valence-corrected chi connectivity index (χ1v) is 8.98. The zero-order chi connectivity index (χ0) is 19.2. The minimum absolute atomic E-state index is 0. The van der Waals surface area contributed by atoms with Crippen LogP contribution in [0.2, 0.25) is 0 Å². The third-order valence-electron chi connectivity index (χ3n) is 4.86. The smallest absolute Gasteiger partial charge is 0.159 e. The summed E-state index contributed by atoms with van der Waals surface area (Å²) in [5, 5.41) is 8.43. The Kier molecular flexibility index (Phi) is 4.08. The van der Waals surface area contributed by atoms with Crippen LogP contribution in [0.4, 0.5) is 0 Å². The minimum Gasteiger partial charge on any atom is -0.472 e. The molecule has 146 valence electrons. The van der Waals surface area contributed by atoms with Gasteiger partial charge in [0, 0.05) is 40.7 Å².